The first-order chi connectivity index (χ1) is 11.5. The minimum Gasteiger partial charge on any atom is -0.443 e. The van der Waals surface area contributed by atoms with Gasteiger partial charge in [-0.1, -0.05) is 0 Å². The van der Waals surface area contributed by atoms with Gasteiger partial charge in [-0.3, -0.25) is 4.90 Å². The zero-order valence-corrected chi connectivity index (χ0v) is 14.6. The van der Waals surface area contributed by atoms with Crippen LogP contribution in [0.1, 0.15) is 57.2 Å². The van der Waals surface area contributed by atoms with Crippen molar-refractivity contribution in [2.75, 3.05) is 4.90 Å². The fraction of sp³-hybridized carbons (Fsp3) is 0.611. The first-order valence-electron chi connectivity index (χ1n) is 8.46. The Morgan fingerprint density at radius 3 is 2.40 bits per heavy atom. The monoisotopic (exact) mass is 356 g/mol. The number of rotatable bonds is 1. The summed E-state index contributed by atoms with van der Waals surface area (Å²) in [6.07, 6.45) is -2.55. The van der Waals surface area contributed by atoms with Crippen molar-refractivity contribution in [3.63, 3.8) is 0 Å². The Bertz CT molecular complexity index is 678. The Hall–Kier alpha value is -1.76. The highest BCUT2D eigenvalue weighted by Crippen LogP contribution is 2.47. The second kappa shape index (κ2) is 5.90. The number of amides is 1. The maximum atomic E-state index is 13.0. The van der Waals surface area contributed by atoms with Crippen LogP contribution in [0.4, 0.5) is 23.7 Å². The molecule has 1 fully saturated rings. The summed E-state index contributed by atoms with van der Waals surface area (Å²) in [6, 6.07) is 2.74. The van der Waals surface area contributed by atoms with Gasteiger partial charge in [0.1, 0.15) is 5.60 Å². The van der Waals surface area contributed by atoms with Crippen molar-refractivity contribution in [1.29, 1.82) is 0 Å². The Balaban J connectivity index is 2.02. The number of carbonyl (C=O) groups is 1. The third-order valence-corrected chi connectivity index (χ3v) is 4.60. The number of benzene rings is 1. The Morgan fingerprint density at radius 2 is 1.88 bits per heavy atom. The first kappa shape index (κ1) is 18.0. The zero-order valence-electron chi connectivity index (χ0n) is 14.6. The molecule has 25 heavy (non-hydrogen) atoms. The lowest BCUT2D eigenvalue weighted by Gasteiger charge is -2.40. The Morgan fingerprint density at radius 1 is 1.24 bits per heavy atom. The maximum absolute atomic E-state index is 13.0. The third kappa shape index (κ3) is 3.76. The van der Waals surface area contributed by atoms with E-state index in [0.717, 1.165) is 25.0 Å². The summed E-state index contributed by atoms with van der Waals surface area (Å²) >= 11 is 0. The van der Waals surface area contributed by atoms with E-state index in [1.807, 2.05) is 0 Å². The maximum Gasteiger partial charge on any atom is 0.416 e. The van der Waals surface area contributed by atoms with Gasteiger partial charge in [0.05, 0.1) is 11.3 Å². The van der Waals surface area contributed by atoms with Crippen LogP contribution in [-0.4, -0.2) is 17.7 Å². The molecule has 0 radical (unpaired) electrons. The number of carbonyl (C=O) groups excluding carboxylic acids is 1. The average Bonchev–Trinajstić information content (AvgIpc) is 3.28. The van der Waals surface area contributed by atoms with Crippen LogP contribution in [0.2, 0.25) is 0 Å². The predicted molar refractivity (Wildman–Crippen MR) is 88.2 cm³/mol. The van der Waals surface area contributed by atoms with E-state index in [2.05, 4.69) is 0 Å². The molecule has 0 bridgehead atoms. The van der Waals surface area contributed by atoms with E-state index in [-0.39, 0.29) is 6.04 Å². The highest BCUT2D eigenvalue weighted by atomic mass is 19.4. The number of anilines is 1. The number of fused-ring (bicyclic) bond motifs is 1. The third-order valence-electron chi connectivity index (χ3n) is 4.60. The fourth-order valence-electron chi connectivity index (χ4n) is 3.35. The molecule has 2 aliphatic rings. The van der Waals surface area contributed by atoms with Crippen LogP contribution in [-0.2, 0) is 10.9 Å². The van der Waals surface area contributed by atoms with Crippen LogP contribution in [0.25, 0.3) is 0 Å². The summed E-state index contributed by atoms with van der Waals surface area (Å²) < 4.78 is 44.6. The quantitative estimate of drug-likeness (QED) is 0.798. The number of hydrogen-bond acceptors (Lipinski definition) is 3. The summed E-state index contributed by atoms with van der Waals surface area (Å²) in [5.41, 5.74) is 5.49. The molecule has 1 aliphatic heterocycles. The normalized spacial score (nSPS) is 24.0. The van der Waals surface area contributed by atoms with Gasteiger partial charge in [-0.05, 0) is 69.7 Å². The van der Waals surface area contributed by atoms with Gasteiger partial charge in [-0.25, -0.2) is 4.79 Å². The van der Waals surface area contributed by atoms with Gasteiger partial charge in [0.15, 0.2) is 0 Å². The molecule has 1 heterocycles. The van der Waals surface area contributed by atoms with E-state index in [1.54, 1.807) is 20.8 Å². The summed E-state index contributed by atoms with van der Waals surface area (Å²) in [7, 11) is 0. The second-order valence-corrected chi connectivity index (χ2v) is 7.87. The number of nitrogens with two attached hydrogens (primary N) is 1. The molecule has 3 rings (SSSR count). The van der Waals surface area contributed by atoms with Crippen LogP contribution in [0.5, 0.6) is 0 Å². The predicted octanol–water partition coefficient (Wildman–Crippen LogP) is 4.63. The van der Waals surface area contributed by atoms with Gasteiger partial charge >= 0.3 is 12.3 Å². The van der Waals surface area contributed by atoms with Crippen molar-refractivity contribution in [3.05, 3.63) is 29.3 Å². The Labute approximate surface area is 145 Å². The molecule has 4 nitrogen and oxygen atoms in total. The van der Waals surface area contributed by atoms with Crippen molar-refractivity contribution in [2.24, 2.45) is 11.7 Å². The molecule has 1 aliphatic carbocycles. The molecule has 0 unspecified atom stereocenters. The van der Waals surface area contributed by atoms with Crippen LogP contribution in [0.3, 0.4) is 0 Å². The zero-order chi connectivity index (χ0) is 18.6. The van der Waals surface area contributed by atoms with Gasteiger partial charge in [0, 0.05) is 12.1 Å². The summed E-state index contributed by atoms with van der Waals surface area (Å²) in [4.78, 5) is 14.3. The number of hydrogen-bond donors (Lipinski definition) is 1. The topological polar surface area (TPSA) is 55.6 Å². The number of halogens is 3. The van der Waals surface area contributed by atoms with Gasteiger partial charge in [0.2, 0.25) is 0 Å². The fourth-order valence-corrected chi connectivity index (χ4v) is 3.35. The number of alkyl halides is 3. The Kier molecular flexibility index (Phi) is 4.26. The van der Waals surface area contributed by atoms with Crippen molar-refractivity contribution >= 4 is 11.8 Å². The van der Waals surface area contributed by atoms with Crippen LogP contribution in [0, 0.1) is 5.92 Å². The van der Waals surface area contributed by atoms with E-state index >= 15 is 0 Å². The minimum atomic E-state index is -4.45. The largest absolute Gasteiger partial charge is 0.443 e. The molecule has 0 spiro atoms. The van der Waals surface area contributed by atoms with Crippen molar-refractivity contribution < 1.29 is 22.7 Å². The van der Waals surface area contributed by atoms with E-state index in [9.17, 15) is 18.0 Å². The van der Waals surface area contributed by atoms with Crippen molar-refractivity contribution in [3.8, 4) is 0 Å². The molecular weight excluding hydrogens is 333 g/mol. The molecule has 2 atom stereocenters. The van der Waals surface area contributed by atoms with Gasteiger partial charge in [-0.15, -0.1) is 0 Å². The van der Waals surface area contributed by atoms with Crippen LogP contribution < -0.4 is 10.6 Å². The van der Waals surface area contributed by atoms with E-state index in [0.29, 0.717) is 23.6 Å². The molecule has 0 aromatic heterocycles. The standard InChI is InChI=1S/C18H23F3N2O2/c1-17(2,3)25-16(24)23-14-7-6-11(18(19,20)21)8-12(14)13(22)9-15(23)10-4-5-10/h6-8,10,13,15H,4-5,9,22H2,1-3H3/t13-,15-/m0/s1. The SMILES string of the molecule is CC(C)(C)OC(=O)N1c2ccc(C(F)(F)F)cc2[C@@H](N)C[C@H]1C1CC1. The van der Waals surface area contributed by atoms with Gasteiger partial charge in [0.25, 0.3) is 0 Å². The lowest BCUT2D eigenvalue weighted by Crippen LogP contribution is -2.49. The number of ether oxygens (including phenoxy) is 1. The molecule has 1 saturated carbocycles. The molecule has 1 amide bonds. The van der Waals surface area contributed by atoms with Gasteiger partial charge in [-0.2, -0.15) is 13.2 Å². The van der Waals surface area contributed by atoms with Crippen molar-refractivity contribution in [1.82, 2.24) is 0 Å². The van der Waals surface area contributed by atoms with Crippen LogP contribution >= 0.6 is 0 Å². The lowest BCUT2D eigenvalue weighted by atomic mass is 9.88. The van der Waals surface area contributed by atoms with E-state index in [4.69, 9.17) is 10.5 Å². The van der Waals surface area contributed by atoms with E-state index < -0.39 is 29.5 Å². The first-order valence-corrected chi connectivity index (χ1v) is 8.46. The van der Waals surface area contributed by atoms with Crippen LogP contribution in [0.15, 0.2) is 18.2 Å². The molecule has 0 saturated heterocycles. The number of nitrogens with zero attached hydrogens (tertiary/aromatic N) is 1. The van der Waals surface area contributed by atoms with Crippen molar-refractivity contribution in [2.45, 2.75) is 63.9 Å². The second-order valence-electron chi connectivity index (χ2n) is 7.87. The summed E-state index contributed by atoms with van der Waals surface area (Å²) in [5.74, 6) is 0.328. The minimum absolute atomic E-state index is 0.130. The smallest absolute Gasteiger partial charge is 0.416 e. The summed E-state index contributed by atoms with van der Waals surface area (Å²) in [6.45, 7) is 5.29. The molecule has 7 heteroatoms. The molecule has 1 aromatic carbocycles. The molecule has 1 aromatic rings. The summed E-state index contributed by atoms with van der Waals surface area (Å²) in [5, 5.41) is 0. The highest BCUT2D eigenvalue weighted by Gasteiger charge is 2.45. The van der Waals surface area contributed by atoms with E-state index in [1.165, 1.54) is 11.0 Å². The molecular formula is C18H23F3N2O2. The molecule has 138 valence electrons. The average molecular weight is 356 g/mol. The van der Waals surface area contributed by atoms with Gasteiger partial charge < -0.3 is 10.5 Å². The lowest BCUT2D eigenvalue weighted by molar-refractivity contribution is -0.137. The highest BCUT2D eigenvalue weighted by molar-refractivity contribution is 5.90. The molecule has 2 N–H and O–H groups in total.